The molecular formula is C42H29BrO. The predicted molar refractivity (Wildman–Crippen MR) is 183 cm³/mol. The van der Waals surface area contributed by atoms with Crippen LogP contribution in [0.15, 0.2) is 155 Å². The van der Waals surface area contributed by atoms with Gasteiger partial charge in [-0.05, 0) is 98.3 Å². The molecule has 0 radical (unpaired) electrons. The number of halogens is 1. The summed E-state index contributed by atoms with van der Waals surface area (Å²) in [5, 5.41) is 1.22. The smallest absolute Gasteiger partial charge is 0.134 e. The van der Waals surface area contributed by atoms with Crippen molar-refractivity contribution in [2.75, 3.05) is 0 Å². The van der Waals surface area contributed by atoms with E-state index in [1.807, 2.05) is 6.26 Å². The van der Waals surface area contributed by atoms with Gasteiger partial charge >= 0.3 is 0 Å². The van der Waals surface area contributed by atoms with Gasteiger partial charge in [0, 0.05) is 15.8 Å². The summed E-state index contributed by atoms with van der Waals surface area (Å²) < 4.78 is 6.89. The summed E-state index contributed by atoms with van der Waals surface area (Å²) in [5.41, 5.74) is 15.4. The lowest BCUT2D eigenvalue weighted by Gasteiger charge is -2.34. The van der Waals surface area contributed by atoms with Gasteiger partial charge in [-0.15, -0.1) is 0 Å². The zero-order chi connectivity index (χ0) is 29.3. The summed E-state index contributed by atoms with van der Waals surface area (Å²) in [6.45, 7) is 0. The van der Waals surface area contributed by atoms with Gasteiger partial charge in [0.2, 0.25) is 0 Å². The first kappa shape index (κ1) is 25.8. The van der Waals surface area contributed by atoms with Crippen LogP contribution in [0.5, 0.6) is 0 Å². The maximum atomic E-state index is 5.79. The van der Waals surface area contributed by atoms with Gasteiger partial charge < -0.3 is 4.42 Å². The van der Waals surface area contributed by atoms with Crippen LogP contribution >= 0.6 is 15.9 Å². The van der Waals surface area contributed by atoms with Crippen molar-refractivity contribution < 1.29 is 4.42 Å². The predicted octanol–water partition coefficient (Wildman–Crippen LogP) is 11.3. The van der Waals surface area contributed by atoms with Gasteiger partial charge in [-0.25, -0.2) is 0 Å². The number of hydrogen-bond donors (Lipinski definition) is 0. The van der Waals surface area contributed by atoms with E-state index in [4.69, 9.17) is 4.42 Å². The summed E-state index contributed by atoms with van der Waals surface area (Å²) in [6.07, 6.45) is 3.86. The molecule has 0 fully saturated rings. The summed E-state index contributed by atoms with van der Waals surface area (Å²) in [5.74, 6) is 0.356. The van der Waals surface area contributed by atoms with E-state index in [2.05, 4.69) is 155 Å². The highest BCUT2D eigenvalue weighted by Gasteiger charge is 2.46. The van der Waals surface area contributed by atoms with Crippen molar-refractivity contribution >= 4 is 26.9 Å². The van der Waals surface area contributed by atoms with Crippen LogP contribution in [0, 0.1) is 0 Å². The normalized spacial score (nSPS) is 15.5. The molecular weight excluding hydrogens is 600 g/mol. The van der Waals surface area contributed by atoms with Crippen LogP contribution < -0.4 is 0 Å². The van der Waals surface area contributed by atoms with Crippen LogP contribution in [-0.4, -0.2) is 0 Å². The van der Waals surface area contributed by atoms with Gasteiger partial charge in [0.1, 0.15) is 5.58 Å². The minimum atomic E-state index is -0.396. The molecule has 44 heavy (non-hydrogen) atoms. The van der Waals surface area contributed by atoms with Gasteiger partial charge in [-0.3, -0.25) is 0 Å². The Bertz CT molecular complexity index is 2150. The lowest BCUT2D eigenvalue weighted by molar-refractivity contribution is 0.615. The molecule has 1 nitrogen and oxygen atoms in total. The van der Waals surface area contributed by atoms with Crippen molar-refractivity contribution in [2.45, 2.75) is 24.2 Å². The molecule has 6 aromatic carbocycles. The van der Waals surface area contributed by atoms with Crippen LogP contribution in [0.25, 0.3) is 33.2 Å². The van der Waals surface area contributed by atoms with Gasteiger partial charge in [0.15, 0.2) is 0 Å². The third-order valence-corrected chi connectivity index (χ3v) is 10.4. The highest BCUT2D eigenvalue weighted by Crippen LogP contribution is 2.57. The van der Waals surface area contributed by atoms with Crippen LogP contribution in [0.2, 0.25) is 0 Å². The largest absolute Gasteiger partial charge is 0.464 e. The first-order chi connectivity index (χ1) is 21.7. The zero-order valence-corrected chi connectivity index (χ0v) is 25.7. The van der Waals surface area contributed by atoms with Crippen molar-refractivity contribution in [3.05, 3.63) is 189 Å². The Hall–Kier alpha value is -4.66. The lowest BCUT2D eigenvalue weighted by atomic mass is 9.67. The number of hydrogen-bond acceptors (Lipinski definition) is 1. The molecule has 2 aliphatic rings. The van der Waals surface area contributed by atoms with Crippen LogP contribution in [-0.2, 0) is 11.8 Å². The van der Waals surface area contributed by atoms with Crippen molar-refractivity contribution in [1.29, 1.82) is 0 Å². The van der Waals surface area contributed by atoms with Crippen molar-refractivity contribution in [2.24, 2.45) is 0 Å². The van der Waals surface area contributed by atoms with Crippen LogP contribution in [0.1, 0.15) is 51.3 Å². The maximum absolute atomic E-state index is 5.79. The number of fused-ring (bicyclic) bond motifs is 8. The van der Waals surface area contributed by atoms with Crippen molar-refractivity contribution in [1.82, 2.24) is 0 Å². The third-order valence-electron chi connectivity index (χ3n) is 9.95. The molecule has 9 rings (SSSR count). The second-order valence-corrected chi connectivity index (χ2v) is 13.0. The standard InChI is InChI=1S/C42H29BrO/c43-30-17-20-34-33-19-16-27(15-18-32-31-13-7-8-14-35(31)41-36(32)21-22-40-37(41)23-24-44-40)25-38(33)42(39(34)26-30,28-9-3-1-4-10-28)29-11-5-2-6-12-29/h1-14,16-17,19-26,32H,15,18H2. The second kappa shape index (κ2) is 9.94. The van der Waals surface area contributed by atoms with Crippen LogP contribution in [0.3, 0.4) is 0 Å². The Morgan fingerprint density at radius 3 is 2.05 bits per heavy atom. The average Bonchev–Trinajstić information content (AvgIpc) is 3.75. The molecule has 7 aromatic rings. The highest BCUT2D eigenvalue weighted by atomic mass is 79.9. The topological polar surface area (TPSA) is 13.1 Å². The molecule has 2 heteroatoms. The number of furan rings is 1. The van der Waals surface area contributed by atoms with E-state index < -0.39 is 5.41 Å². The Morgan fingerprint density at radius 2 is 1.27 bits per heavy atom. The minimum absolute atomic E-state index is 0.356. The summed E-state index contributed by atoms with van der Waals surface area (Å²) >= 11 is 3.82. The molecule has 1 heterocycles. The van der Waals surface area contributed by atoms with Gasteiger partial charge in [-0.2, -0.15) is 0 Å². The molecule has 1 aromatic heterocycles. The monoisotopic (exact) mass is 628 g/mol. The van der Waals surface area contributed by atoms with E-state index in [9.17, 15) is 0 Å². The molecule has 210 valence electrons. The first-order valence-electron chi connectivity index (χ1n) is 15.4. The number of aryl methyl sites for hydroxylation is 1. The Morgan fingerprint density at radius 1 is 0.591 bits per heavy atom. The van der Waals surface area contributed by atoms with E-state index >= 15 is 0 Å². The molecule has 1 unspecified atom stereocenters. The molecule has 0 N–H and O–H groups in total. The van der Waals surface area contributed by atoms with Crippen molar-refractivity contribution in [3.63, 3.8) is 0 Å². The third kappa shape index (κ3) is 3.64. The summed E-state index contributed by atoms with van der Waals surface area (Å²) in [6, 6.07) is 51.6. The number of rotatable bonds is 5. The zero-order valence-electron chi connectivity index (χ0n) is 24.1. The molecule has 1 atom stereocenters. The first-order valence-corrected chi connectivity index (χ1v) is 16.2. The molecule has 2 aliphatic carbocycles. The summed E-state index contributed by atoms with van der Waals surface area (Å²) in [7, 11) is 0. The van der Waals surface area contributed by atoms with Crippen molar-refractivity contribution in [3.8, 4) is 22.3 Å². The van der Waals surface area contributed by atoms with Gasteiger partial charge in [-0.1, -0.05) is 131 Å². The SMILES string of the molecule is Brc1ccc2c(c1)C(c1ccccc1)(c1ccccc1)c1cc(CCC3c4ccccc4-c4c3ccc3occc43)ccc1-2. The quantitative estimate of drug-likeness (QED) is 0.185. The Kier molecular flexibility index (Phi) is 5.83. The average molecular weight is 630 g/mol. The van der Waals surface area contributed by atoms with Gasteiger partial charge in [0.05, 0.1) is 11.7 Å². The number of benzene rings is 6. The summed E-state index contributed by atoms with van der Waals surface area (Å²) in [4.78, 5) is 0. The highest BCUT2D eigenvalue weighted by molar-refractivity contribution is 9.10. The Balaban J connectivity index is 1.18. The van der Waals surface area contributed by atoms with Crippen LogP contribution in [0.4, 0.5) is 0 Å². The molecule has 0 amide bonds. The molecule has 0 spiro atoms. The fourth-order valence-electron chi connectivity index (χ4n) is 8.13. The molecule has 0 aliphatic heterocycles. The molecule has 0 bridgehead atoms. The minimum Gasteiger partial charge on any atom is -0.464 e. The molecule has 0 saturated heterocycles. The second-order valence-electron chi connectivity index (χ2n) is 12.1. The van der Waals surface area contributed by atoms with E-state index in [0.29, 0.717) is 5.92 Å². The fourth-order valence-corrected chi connectivity index (χ4v) is 8.49. The van der Waals surface area contributed by atoms with E-state index in [1.54, 1.807) is 0 Å². The van der Waals surface area contributed by atoms with E-state index in [-0.39, 0.29) is 0 Å². The lowest BCUT2D eigenvalue weighted by Crippen LogP contribution is -2.28. The molecule has 0 saturated carbocycles. The maximum Gasteiger partial charge on any atom is 0.134 e. The van der Waals surface area contributed by atoms with E-state index in [0.717, 1.165) is 22.9 Å². The van der Waals surface area contributed by atoms with Gasteiger partial charge in [0.25, 0.3) is 0 Å². The Labute approximate surface area is 266 Å². The fraction of sp³-hybridized carbons (Fsp3) is 0.0952. The van der Waals surface area contributed by atoms with E-state index in [1.165, 1.54) is 66.6 Å².